The lowest BCUT2D eigenvalue weighted by molar-refractivity contribution is -0.122. The number of nitrogens with zero attached hydrogens (tertiary/aromatic N) is 4. The van der Waals surface area contributed by atoms with Crippen LogP contribution in [0.15, 0.2) is 47.3 Å². The van der Waals surface area contributed by atoms with Crippen molar-refractivity contribution in [3.8, 4) is 5.69 Å². The number of rotatable bonds is 5. The van der Waals surface area contributed by atoms with Gasteiger partial charge in [0.05, 0.1) is 16.8 Å². The van der Waals surface area contributed by atoms with Crippen molar-refractivity contribution in [1.29, 1.82) is 0 Å². The molecular formula is C17H14ClF2N5O2. The van der Waals surface area contributed by atoms with Gasteiger partial charge in [-0.05, 0) is 59.3 Å². The van der Waals surface area contributed by atoms with Gasteiger partial charge in [0.2, 0.25) is 5.91 Å². The Morgan fingerprint density at radius 3 is 2.56 bits per heavy atom. The second-order valence-corrected chi connectivity index (χ2v) is 6.18. The first-order chi connectivity index (χ1) is 12.8. The minimum absolute atomic E-state index is 0.0127. The number of carbonyl (C=O) groups is 1. The fraction of sp³-hybridized carbons (Fsp3) is 0.176. The standard InChI is InChI=1S/C17H14ClF2N5O2/c1-10(11-2-7-14(18)15(20)8-11)21-16(26)9-24-17(27)25(23-22-24)13-5-3-12(19)4-6-13/h2-8,10H,9H2,1H3,(H,21,26)/t10-/m0/s1. The van der Waals surface area contributed by atoms with Crippen molar-refractivity contribution in [2.45, 2.75) is 19.5 Å². The topological polar surface area (TPSA) is 81.8 Å². The third-order valence-corrected chi connectivity index (χ3v) is 4.13. The number of benzene rings is 2. The van der Waals surface area contributed by atoms with E-state index in [1.165, 1.54) is 36.4 Å². The van der Waals surface area contributed by atoms with Crippen LogP contribution < -0.4 is 11.0 Å². The van der Waals surface area contributed by atoms with Gasteiger partial charge in [-0.25, -0.2) is 13.6 Å². The lowest BCUT2D eigenvalue weighted by Crippen LogP contribution is -2.34. The molecule has 0 aliphatic carbocycles. The highest BCUT2D eigenvalue weighted by Crippen LogP contribution is 2.20. The lowest BCUT2D eigenvalue weighted by atomic mass is 10.1. The summed E-state index contributed by atoms with van der Waals surface area (Å²) in [6.07, 6.45) is 0. The highest BCUT2D eigenvalue weighted by Gasteiger charge is 2.15. The molecule has 0 unspecified atom stereocenters. The number of hydrogen-bond donors (Lipinski definition) is 1. The Labute approximate surface area is 157 Å². The van der Waals surface area contributed by atoms with Crippen molar-refractivity contribution >= 4 is 17.5 Å². The van der Waals surface area contributed by atoms with E-state index in [4.69, 9.17) is 11.6 Å². The molecule has 1 aromatic heterocycles. The number of hydrogen-bond acceptors (Lipinski definition) is 4. The minimum Gasteiger partial charge on any atom is -0.348 e. The number of carbonyl (C=O) groups excluding carboxylic acids is 1. The molecular weight excluding hydrogens is 380 g/mol. The van der Waals surface area contributed by atoms with Crippen LogP contribution in [0.1, 0.15) is 18.5 Å². The van der Waals surface area contributed by atoms with E-state index in [0.29, 0.717) is 11.3 Å². The second-order valence-electron chi connectivity index (χ2n) is 5.77. The maximum atomic E-state index is 13.5. The van der Waals surface area contributed by atoms with Gasteiger partial charge in [0.15, 0.2) is 0 Å². The van der Waals surface area contributed by atoms with Crippen molar-refractivity contribution < 1.29 is 13.6 Å². The van der Waals surface area contributed by atoms with Crippen molar-refractivity contribution in [3.63, 3.8) is 0 Å². The smallest absolute Gasteiger partial charge is 0.348 e. The summed E-state index contributed by atoms with van der Waals surface area (Å²) >= 11 is 5.64. The first-order valence-electron chi connectivity index (χ1n) is 7.88. The summed E-state index contributed by atoms with van der Waals surface area (Å²) in [5, 5.41) is 9.95. The first-order valence-corrected chi connectivity index (χ1v) is 8.26. The molecule has 3 rings (SSSR count). The summed E-state index contributed by atoms with van der Waals surface area (Å²) in [5.74, 6) is -1.55. The van der Waals surface area contributed by atoms with Crippen LogP contribution in [0, 0.1) is 11.6 Å². The van der Waals surface area contributed by atoms with E-state index in [2.05, 4.69) is 15.7 Å². The molecule has 0 aliphatic heterocycles. The Balaban J connectivity index is 1.70. The fourth-order valence-electron chi connectivity index (χ4n) is 2.41. The molecule has 0 bridgehead atoms. The highest BCUT2D eigenvalue weighted by atomic mass is 35.5. The Kier molecular flexibility index (Phi) is 5.31. The SMILES string of the molecule is C[C@H](NC(=O)Cn1nnn(-c2ccc(F)cc2)c1=O)c1ccc(Cl)c(F)c1. The Bertz CT molecular complexity index is 1030. The number of halogens is 3. The van der Waals surface area contributed by atoms with Crippen LogP contribution in [0.2, 0.25) is 5.02 Å². The van der Waals surface area contributed by atoms with Crippen LogP contribution in [0.4, 0.5) is 8.78 Å². The zero-order valence-electron chi connectivity index (χ0n) is 14.1. The van der Waals surface area contributed by atoms with Crippen LogP contribution in [-0.4, -0.2) is 25.7 Å². The average Bonchev–Trinajstić information content (AvgIpc) is 2.98. The van der Waals surface area contributed by atoms with Crippen LogP contribution in [0.5, 0.6) is 0 Å². The maximum absolute atomic E-state index is 13.5. The van der Waals surface area contributed by atoms with Gasteiger partial charge >= 0.3 is 5.69 Å². The monoisotopic (exact) mass is 393 g/mol. The van der Waals surface area contributed by atoms with Gasteiger partial charge in [0, 0.05) is 0 Å². The zero-order chi connectivity index (χ0) is 19.6. The number of amides is 1. The summed E-state index contributed by atoms with van der Waals surface area (Å²) in [4.78, 5) is 24.5. The van der Waals surface area contributed by atoms with Crippen LogP contribution >= 0.6 is 11.6 Å². The molecule has 140 valence electrons. The maximum Gasteiger partial charge on any atom is 0.368 e. The summed E-state index contributed by atoms with van der Waals surface area (Å²) in [5.41, 5.74) is 0.188. The van der Waals surface area contributed by atoms with Crippen molar-refractivity contribution in [3.05, 3.63) is 75.2 Å². The normalized spacial score (nSPS) is 12.0. The Morgan fingerprint density at radius 2 is 1.89 bits per heavy atom. The molecule has 1 heterocycles. The third-order valence-electron chi connectivity index (χ3n) is 3.83. The van der Waals surface area contributed by atoms with Gasteiger partial charge < -0.3 is 5.32 Å². The van der Waals surface area contributed by atoms with E-state index in [9.17, 15) is 18.4 Å². The van der Waals surface area contributed by atoms with E-state index in [-0.39, 0.29) is 11.6 Å². The van der Waals surface area contributed by atoms with E-state index in [1.54, 1.807) is 13.0 Å². The molecule has 7 nitrogen and oxygen atoms in total. The number of nitrogens with one attached hydrogen (secondary N) is 1. The molecule has 27 heavy (non-hydrogen) atoms. The Hall–Kier alpha value is -3.07. The molecule has 10 heteroatoms. The van der Waals surface area contributed by atoms with Gasteiger partial charge in [-0.15, -0.1) is 0 Å². The molecule has 1 atom stereocenters. The number of tetrazole rings is 1. The van der Waals surface area contributed by atoms with E-state index < -0.39 is 29.3 Å². The molecule has 2 aromatic carbocycles. The molecule has 1 amide bonds. The molecule has 0 saturated carbocycles. The van der Waals surface area contributed by atoms with E-state index >= 15 is 0 Å². The largest absolute Gasteiger partial charge is 0.368 e. The van der Waals surface area contributed by atoms with Gasteiger partial charge in [-0.2, -0.15) is 9.36 Å². The second kappa shape index (κ2) is 7.67. The first kappa shape index (κ1) is 18.7. The van der Waals surface area contributed by atoms with Crippen molar-refractivity contribution in [2.75, 3.05) is 0 Å². The molecule has 0 aliphatic rings. The van der Waals surface area contributed by atoms with Gasteiger partial charge in [-0.1, -0.05) is 17.7 Å². The summed E-state index contributed by atoms with van der Waals surface area (Å²) in [6, 6.07) is 8.80. The molecule has 3 aromatic rings. The van der Waals surface area contributed by atoms with E-state index in [0.717, 1.165) is 9.36 Å². The Morgan fingerprint density at radius 1 is 1.19 bits per heavy atom. The molecule has 0 radical (unpaired) electrons. The molecule has 0 saturated heterocycles. The third kappa shape index (κ3) is 4.20. The fourth-order valence-corrected chi connectivity index (χ4v) is 2.52. The summed E-state index contributed by atoms with van der Waals surface area (Å²) in [6.45, 7) is 1.29. The number of aromatic nitrogens is 4. The molecule has 0 spiro atoms. The van der Waals surface area contributed by atoms with Gasteiger partial charge in [-0.3, -0.25) is 4.79 Å². The van der Waals surface area contributed by atoms with E-state index in [1.807, 2.05) is 0 Å². The average molecular weight is 394 g/mol. The summed E-state index contributed by atoms with van der Waals surface area (Å²) in [7, 11) is 0. The highest BCUT2D eigenvalue weighted by molar-refractivity contribution is 6.30. The van der Waals surface area contributed by atoms with Gasteiger partial charge in [0.25, 0.3) is 0 Å². The quantitative estimate of drug-likeness (QED) is 0.720. The van der Waals surface area contributed by atoms with Crippen molar-refractivity contribution in [2.24, 2.45) is 0 Å². The van der Waals surface area contributed by atoms with Crippen LogP contribution in [0.3, 0.4) is 0 Å². The summed E-state index contributed by atoms with van der Waals surface area (Å²) < 4.78 is 28.3. The minimum atomic E-state index is -0.651. The van der Waals surface area contributed by atoms with Crippen LogP contribution in [-0.2, 0) is 11.3 Å². The molecule has 1 N–H and O–H groups in total. The predicted octanol–water partition coefficient (Wildman–Crippen LogP) is 2.24. The predicted molar refractivity (Wildman–Crippen MR) is 93.5 cm³/mol. The zero-order valence-corrected chi connectivity index (χ0v) is 14.8. The van der Waals surface area contributed by atoms with Crippen LogP contribution in [0.25, 0.3) is 5.69 Å². The molecule has 0 fully saturated rings. The van der Waals surface area contributed by atoms with Gasteiger partial charge in [0.1, 0.15) is 18.2 Å². The lowest BCUT2D eigenvalue weighted by Gasteiger charge is -2.14. The van der Waals surface area contributed by atoms with Crippen molar-refractivity contribution in [1.82, 2.24) is 25.1 Å².